The molecule has 1 aromatic heterocycles. The summed E-state index contributed by atoms with van der Waals surface area (Å²) in [4.78, 5) is 30.2. The van der Waals surface area contributed by atoms with Crippen LogP contribution in [0.1, 0.15) is 57.1 Å². The van der Waals surface area contributed by atoms with Crippen molar-refractivity contribution in [2.75, 3.05) is 6.54 Å². The van der Waals surface area contributed by atoms with Crippen LogP contribution in [0.4, 0.5) is 0 Å². The van der Waals surface area contributed by atoms with Crippen LogP contribution in [0.25, 0.3) is 0 Å². The second kappa shape index (κ2) is 7.64. The molecule has 4 bridgehead atoms. The third-order valence-corrected chi connectivity index (χ3v) is 7.90. The Labute approximate surface area is 177 Å². The number of hydrogen-bond acceptors (Lipinski definition) is 5. The van der Waals surface area contributed by atoms with Crippen LogP contribution in [0.5, 0.6) is 0 Å². The molecule has 2 amide bonds. The number of carbonyl (C=O) groups excluding carboxylic acids is 2. The quantitative estimate of drug-likeness (QED) is 0.693. The van der Waals surface area contributed by atoms with Gasteiger partial charge in [-0.3, -0.25) is 9.59 Å². The number of hydrogen-bond donors (Lipinski definition) is 2. The van der Waals surface area contributed by atoms with Crippen LogP contribution < -0.4 is 11.5 Å². The molecule has 4 N–H and O–H groups in total. The zero-order chi connectivity index (χ0) is 20.9. The first-order valence-corrected chi connectivity index (χ1v) is 11.4. The largest absolute Gasteiger partial charge is 0.368 e. The lowest BCUT2D eigenvalue weighted by Gasteiger charge is -2.56. The molecule has 2 atom stereocenters. The van der Waals surface area contributed by atoms with E-state index in [-0.39, 0.29) is 11.5 Å². The molecule has 0 spiro atoms. The van der Waals surface area contributed by atoms with Crippen LogP contribution >= 0.6 is 0 Å². The minimum absolute atomic E-state index is 0.0263. The highest BCUT2D eigenvalue weighted by atomic mass is 16.5. The van der Waals surface area contributed by atoms with E-state index in [1.54, 1.807) is 17.4 Å². The molecule has 5 aliphatic rings. The van der Waals surface area contributed by atoms with E-state index in [1.165, 1.54) is 38.5 Å². The Morgan fingerprint density at radius 3 is 2.50 bits per heavy atom. The molecule has 0 unspecified atom stereocenters. The summed E-state index contributed by atoms with van der Waals surface area (Å²) in [6.45, 7) is 0.991. The first-order valence-electron chi connectivity index (χ1n) is 11.4. The average molecular weight is 416 g/mol. The van der Waals surface area contributed by atoms with Crippen LogP contribution in [-0.4, -0.2) is 50.5 Å². The van der Waals surface area contributed by atoms with Gasteiger partial charge in [0, 0.05) is 24.9 Å². The van der Waals surface area contributed by atoms with Crippen LogP contribution in [-0.2, 0) is 27.5 Å². The Bertz CT molecular complexity index is 786. The van der Waals surface area contributed by atoms with Crippen molar-refractivity contribution >= 4 is 11.8 Å². The fourth-order valence-corrected chi connectivity index (χ4v) is 6.90. The molecule has 2 heterocycles. The first kappa shape index (κ1) is 20.0. The van der Waals surface area contributed by atoms with E-state index >= 15 is 0 Å². The Kier molecular flexibility index (Phi) is 5.09. The van der Waals surface area contributed by atoms with Crippen molar-refractivity contribution in [3.8, 4) is 0 Å². The monoisotopic (exact) mass is 415 g/mol. The molecule has 8 heteroatoms. The molecular weight excluding hydrogens is 382 g/mol. The molecule has 0 aromatic carbocycles. The molecular formula is C22H33N5O3. The van der Waals surface area contributed by atoms with Gasteiger partial charge in [0.25, 0.3) is 0 Å². The number of primary amides is 1. The van der Waals surface area contributed by atoms with Gasteiger partial charge in [0.15, 0.2) is 0 Å². The van der Waals surface area contributed by atoms with Gasteiger partial charge in [-0.15, -0.1) is 0 Å². The van der Waals surface area contributed by atoms with E-state index in [0.717, 1.165) is 29.9 Å². The van der Waals surface area contributed by atoms with Crippen molar-refractivity contribution < 1.29 is 14.3 Å². The number of amides is 2. The maximum Gasteiger partial charge on any atom is 0.240 e. The summed E-state index contributed by atoms with van der Waals surface area (Å²) < 4.78 is 8.52. The van der Waals surface area contributed by atoms with Gasteiger partial charge in [-0.05, 0) is 69.1 Å². The molecule has 4 aliphatic carbocycles. The molecule has 4 saturated carbocycles. The molecule has 5 fully saturated rings. The second-order valence-corrected chi connectivity index (χ2v) is 10.1. The minimum atomic E-state index is -0.722. The lowest BCUT2D eigenvalue weighted by molar-refractivity contribution is -0.181. The van der Waals surface area contributed by atoms with Crippen molar-refractivity contribution in [1.82, 2.24) is 14.5 Å². The number of aromatic nitrogens is 2. The molecule has 1 aromatic rings. The SMILES string of the molecule is NC(=O)[C@@H]1CCCN1C(=O)[C@@H](N)Cc1cncn1COC12CC3CC(CC(C3)C1)C2. The van der Waals surface area contributed by atoms with Gasteiger partial charge in [-0.25, -0.2) is 4.98 Å². The summed E-state index contributed by atoms with van der Waals surface area (Å²) >= 11 is 0. The smallest absolute Gasteiger partial charge is 0.240 e. The standard InChI is InChI=1S/C22H33N5O3/c23-18(21(29)27-3-1-2-19(27)20(24)28)7-17-11-25-12-26(17)13-30-22-8-14-4-15(9-22)6-16(5-14)10-22/h11-12,14-16,18-19H,1-10,13,23H2,(H2,24,28)/t14?,15?,16?,18-,19-,22?/m0/s1. The Morgan fingerprint density at radius 1 is 1.20 bits per heavy atom. The normalized spacial score (nSPS) is 35.7. The summed E-state index contributed by atoms with van der Waals surface area (Å²) in [7, 11) is 0. The van der Waals surface area contributed by atoms with E-state index in [4.69, 9.17) is 16.2 Å². The van der Waals surface area contributed by atoms with Crippen LogP contribution in [0, 0.1) is 17.8 Å². The van der Waals surface area contributed by atoms with Crippen molar-refractivity contribution in [3.63, 3.8) is 0 Å². The fourth-order valence-electron chi connectivity index (χ4n) is 6.90. The van der Waals surface area contributed by atoms with Gasteiger partial charge >= 0.3 is 0 Å². The number of carbonyl (C=O) groups is 2. The number of nitrogens with zero attached hydrogens (tertiary/aromatic N) is 3. The van der Waals surface area contributed by atoms with Crippen LogP contribution in [0.2, 0.25) is 0 Å². The van der Waals surface area contributed by atoms with Gasteiger partial charge in [-0.2, -0.15) is 0 Å². The maximum atomic E-state index is 12.8. The maximum absolute atomic E-state index is 12.8. The predicted octanol–water partition coefficient (Wildman–Crippen LogP) is 1.17. The van der Waals surface area contributed by atoms with Gasteiger partial charge in [0.05, 0.1) is 18.0 Å². The summed E-state index contributed by atoms with van der Waals surface area (Å²) in [5.41, 5.74) is 12.6. The molecule has 8 nitrogen and oxygen atoms in total. The summed E-state index contributed by atoms with van der Waals surface area (Å²) in [6, 6.07) is -1.26. The van der Waals surface area contributed by atoms with E-state index in [0.29, 0.717) is 26.1 Å². The summed E-state index contributed by atoms with van der Waals surface area (Å²) in [5, 5.41) is 0. The Morgan fingerprint density at radius 2 is 1.87 bits per heavy atom. The topological polar surface area (TPSA) is 116 Å². The molecule has 1 saturated heterocycles. The average Bonchev–Trinajstić information content (AvgIpc) is 3.34. The highest BCUT2D eigenvalue weighted by molar-refractivity contribution is 5.89. The third kappa shape index (κ3) is 3.64. The number of imidazole rings is 1. The highest BCUT2D eigenvalue weighted by Crippen LogP contribution is 2.57. The number of nitrogens with two attached hydrogens (primary N) is 2. The van der Waals surface area contributed by atoms with E-state index in [2.05, 4.69) is 4.98 Å². The van der Waals surface area contributed by atoms with E-state index < -0.39 is 18.0 Å². The van der Waals surface area contributed by atoms with Crippen LogP contribution in [0.15, 0.2) is 12.5 Å². The third-order valence-electron chi connectivity index (χ3n) is 7.90. The summed E-state index contributed by atoms with van der Waals surface area (Å²) in [5.74, 6) is 1.84. The zero-order valence-electron chi connectivity index (χ0n) is 17.5. The van der Waals surface area contributed by atoms with Crippen molar-refractivity contribution in [2.24, 2.45) is 29.2 Å². The van der Waals surface area contributed by atoms with Gasteiger partial charge in [-0.1, -0.05) is 0 Å². The Hall–Kier alpha value is -1.93. The lowest BCUT2D eigenvalue weighted by atomic mass is 9.54. The number of likely N-dealkylation sites (tertiary alicyclic amines) is 1. The lowest BCUT2D eigenvalue weighted by Crippen LogP contribution is -2.52. The van der Waals surface area contributed by atoms with Crippen molar-refractivity contribution in [1.29, 1.82) is 0 Å². The van der Waals surface area contributed by atoms with Crippen molar-refractivity contribution in [3.05, 3.63) is 18.2 Å². The fraction of sp³-hybridized carbons (Fsp3) is 0.773. The molecule has 6 rings (SSSR count). The first-order chi connectivity index (χ1) is 14.4. The van der Waals surface area contributed by atoms with E-state index in [9.17, 15) is 9.59 Å². The van der Waals surface area contributed by atoms with Crippen LogP contribution in [0.3, 0.4) is 0 Å². The predicted molar refractivity (Wildman–Crippen MR) is 110 cm³/mol. The highest BCUT2D eigenvalue weighted by Gasteiger charge is 2.51. The van der Waals surface area contributed by atoms with E-state index in [1.807, 2.05) is 4.57 Å². The summed E-state index contributed by atoms with van der Waals surface area (Å²) in [6.07, 6.45) is 13.0. The Balaban J connectivity index is 1.21. The number of ether oxygens (including phenoxy) is 1. The zero-order valence-corrected chi connectivity index (χ0v) is 17.5. The second-order valence-electron chi connectivity index (χ2n) is 10.1. The van der Waals surface area contributed by atoms with Gasteiger partial charge in [0.2, 0.25) is 11.8 Å². The molecule has 1 aliphatic heterocycles. The van der Waals surface area contributed by atoms with Crippen molar-refractivity contribution in [2.45, 2.75) is 82.2 Å². The number of rotatable bonds is 7. The molecule has 0 radical (unpaired) electrons. The van der Waals surface area contributed by atoms with Gasteiger partial charge < -0.3 is 25.7 Å². The molecule has 164 valence electrons. The minimum Gasteiger partial charge on any atom is -0.368 e. The van der Waals surface area contributed by atoms with Gasteiger partial charge in [0.1, 0.15) is 12.8 Å². The molecule has 30 heavy (non-hydrogen) atoms.